The minimum Gasteiger partial charge on any atom is -0.299 e. The molecular formula is C23H24N4O3S. The highest BCUT2D eigenvalue weighted by molar-refractivity contribution is 7.15. The summed E-state index contributed by atoms with van der Waals surface area (Å²) >= 11 is 1.31. The summed E-state index contributed by atoms with van der Waals surface area (Å²) in [6, 6.07) is 8.55. The molecule has 3 aliphatic rings. The zero-order valence-corrected chi connectivity index (χ0v) is 18.2. The molecule has 0 spiro atoms. The molecule has 5 unspecified atom stereocenters. The van der Waals surface area contributed by atoms with Gasteiger partial charge >= 0.3 is 0 Å². The van der Waals surface area contributed by atoms with E-state index in [0.29, 0.717) is 5.13 Å². The third kappa shape index (κ3) is 3.39. The summed E-state index contributed by atoms with van der Waals surface area (Å²) in [5.41, 5.74) is 0.890. The smallest absolute Gasteiger partial charge is 0.249 e. The predicted molar refractivity (Wildman–Crippen MR) is 116 cm³/mol. The molecular weight excluding hydrogens is 412 g/mol. The number of allylic oxidation sites excluding steroid dienone is 2. The predicted octanol–water partition coefficient (Wildman–Crippen LogP) is 3.02. The second-order valence-electron chi connectivity index (χ2n) is 8.84. The van der Waals surface area contributed by atoms with Crippen LogP contribution in [-0.2, 0) is 20.8 Å². The average Bonchev–Trinajstić information content (AvgIpc) is 3.52. The zero-order valence-electron chi connectivity index (χ0n) is 17.4. The standard InChI is InChI=1S/C23H24N4O3S/c1-12(2)20-25-26-23(31-20)24-19(28)16(10-13-6-4-3-5-7-13)27-21(29)17-14-8-9-15(11-14)18(17)22(27)30/h3-9,12,14-18H,10-11H2,1-2H3,(H,24,26,28). The molecule has 1 aliphatic heterocycles. The lowest BCUT2D eigenvalue weighted by atomic mass is 9.85. The first-order chi connectivity index (χ1) is 14.9. The van der Waals surface area contributed by atoms with E-state index in [2.05, 4.69) is 27.7 Å². The van der Waals surface area contributed by atoms with E-state index >= 15 is 0 Å². The minimum absolute atomic E-state index is 0.105. The van der Waals surface area contributed by atoms with Gasteiger partial charge in [-0.05, 0) is 23.8 Å². The van der Waals surface area contributed by atoms with Crippen LogP contribution >= 0.6 is 11.3 Å². The van der Waals surface area contributed by atoms with Gasteiger partial charge in [-0.1, -0.05) is 67.7 Å². The summed E-state index contributed by atoms with van der Waals surface area (Å²) in [7, 11) is 0. The van der Waals surface area contributed by atoms with E-state index in [1.165, 1.54) is 16.2 Å². The number of carbonyl (C=O) groups excluding carboxylic acids is 3. The van der Waals surface area contributed by atoms with E-state index in [9.17, 15) is 14.4 Å². The molecule has 5 atom stereocenters. The third-order valence-corrected chi connectivity index (χ3v) is 7.69. The molecule has 31 heavy (non-hydrogen) atoms. The van der Waals surface area contributed by atoms with Crippen molar-refractivity contribution in [3.8, 4) is 0 Å². The molecule has 7 nitrogen and oxygen atoms in total. The quantitative estimate of drug-likeness (QED) is 0.555. The molecule has 1 aromatic heterocycles. The molecule has 160 valence electrons. The van der Waals surface area contributed by atoms with E-state index in [4.69, 9.17) is 0 Å². The summed E-state index contributed by atoms with van der Waals surface area (Å²) in [4.78, 5) is 41.2. The van der Waals surface area contributed by atoms with Gasteiger partial charge in [0.05, 0.1) is 11.8 Å². The van der Waals surface area contributed by atoms with Gasteiger partial charge in [0.2, 0.25) is 22.9 Å². The summed E-state index contributed by atoms with van der Waals surface area (Å²) < 4.78 is 0. The fraction of sp³-hybridized carbons (Fsp3) is 0.435. The van der Waals surface area contributed by atoms with Crippen molar-refractivity contribution in [3.05, 3.63) is 53.1 Å². The zero-order chi connectivity index (χ0) is 21.7. The van der Waals surface area contributed by atoms with E-state index in [0.717, 1.165) is 17.0 Å². The Bertz CT molecular complexity index is 1030. The number of rotatable bonds is 6. The van der Waals surface area contributed by atoms with Crippen molar-refractivity contribution in [2.24, 2.45) is 23.7 Å². The number of likely N-dealkylation sites (tertiary alicyclic amines) is 1. The van der Waals surface area contributed by atoms with Crippen molar-refractivity contribution >= 4 is 34.2 Å². The Morgan fingerprint density at radius 3 is 2.32 bits per heavy atom. The van der Waals surface area contributed by atoms with Crippen molar-refractivity contribution in [1.82, 2.24) is 15.1 Å². The van der Waals surface area contributed by atoms with Crippen LogP contribution in [0.2, 0.25) is 0 Å². The number of fused-ring (bicyclic) bond motifs is 5. The van der Waals surface area contributed by atoms with Gasteiger partial charge in [0.1, 0.15) is 11.0 Å². The Morgan fingerprint density at radius 1 is 1.10 bits per heavy atom. The number of carbonyl (C=O) groups is 3. The minimum atomic E-state index is -0.918. The first-order valence-corrected chi connectivity index (χ1v) is 11.5. The maximum Gasteiger partial charge on any atom is 0.249 e. The fourth-order valence-electron chi connectivity index (χ4n) is 5.08. The number of hydrogen-bond acceptors (Lipinski definition) is 6. The van der Waals surface area contributed by atoms with Crippen molar-refractivity contribution in [3.63, 3.8) is 0 Å². The van der Waals surface area contributed by atoms with Crippen LogP contribution in [0.15, 0.2) is 42.5 Å². The van der Waals surface area contributed by atoms with Crippen LogP contribution in [0.4, 0.5) is 5.13 Å². The number of aromatic nitrogens is 2. The number of nitrogens with zero attached hydrogens (tertiary/aromatic N) is 3. The average molecular weight is 437 g/mol. The van der Waals surface area contributed by atoms with Gasteiger partial charge in [0, 0.05) is 12.3 Å². The highest BCUT2D eigenvalue weighted by Gasteiger charge is 2.61. The summed E-state index contributed by atoms with van der Waals surface area (Å²) in [5.74, 6) is -1.09. The molecule has 3 amide bonds. The Labute approximate surface area is 184 Å². The normalized spacial score (nSPS) is 27.3. The summed E-state index contributed by atoms with van der Waals surface area (Å²) in [6.45, 7) is 4.01. The summed E-state index contributed by atoms with van der Waals surface area (Å²) in [5, 5.41) is 12.2. The number of anilines is 1. The second kappa shape index (κ2) is 7.67. The lowest BCUT2D eigenvalue weighted by molar-refractivity contribution is -0.147. The molecule has 5 rings (SSSR count). The Kier molecular flexibility index (Phi) is 4.97. The Morgan fingerprint density at radius 2 is 1.74 bits per heavy atom. The highest BCUT2D eigenvalue weighted by atomic mass is 32.1. The van der Waals surface area contributed by atoms with Crippen molar-refractivity contribution in [1.29, 1.82) is 0 Å². The van der Waals surface area contributed by atoms with Crippen molar-refractivity contribution in [2.45, 2.75) is 38.6 Å². The van der Waals surface area contributed by atoms with Gasteiger partial charge in [-0.15, -0.1) is 10.2 Å². The lowest BCUT2D eigenvalue weighted by Crippen LogP contribution is -2.49. The fourth-order valence-corrected chi connectivity index (χ4v) is 5.83. The second-order valence-corrected chi connectivity index (χ2v) is 9.85. The van der Waals surface area contributed by atoms with Crippen LogP contribution in [0.3, 0.4) is 0 Å². The first-order valence-electron chi connectivity index (χ1n) is 10.7. The molecule has 2 aromatic rings. The molecule has 2 fully saturated rings. The Balaban J connectivity index is 1.44. The van der Waals surface area contributed by atoms with Crippen LogP contribution in [-0.4, -0.2) is 38.9 Å². The van der Waals surface area contributed by atoms with Crippen LogP contribution in [0, 0.1) is 23.7 Å². The van der Waals surface area contributed by atoms with Crippen molar-refractivity contribution < 1.29 is 14.4 Å². The number of amides is 3. The monoisotopic (exact) mass is 436 g/mol. The maximum atomic E-state index is 13.3. The van der Waals surface area contributed by atoms with Gasteiger partial charge < -0.3 is 0 Å². The number of nitrogens with one attached hydrogen (secondary N) is 1. The van der Waals surface area contributed by atoms with Crippen LogP contribution < -0.4 is 5.32 Å². The number of benzene rings is 1. The first kappa shape index (κ1) is 20.1. The molecule has 1 saturated carbocycles. The molecule has 1 saturated heterocycles. The number of imide groups is 1. The summed E-state index contributed by atoms with van der Waals surface area (Å²) in [6.07, 6.45) is 5.24. The Hall–Kier alpha value is -2.87. The highest BCUT2D eigenvalue weighted by Crippen LogP contribution is 2.53. The maximum absolute atomic E-state index is 13.3. The SMILES string of the molecule is CC(C)c1nnc(NC(=O)C(Cc2ccccc2)N2C(=O)C3C4C=CC(C4)C3C2=O)s1. The van der Waals surface area contributed by atoms with E-state index in [-0.39, 0.29) is 47.8 Å². The molecule has 2 aliphatic carbocycles. The van der Waals surface area contributed by atoms with E-state index < -0.39 is 11.9 Å². The molecule has 2 heterocycles. The van der Waals surface area contributed by atoms with Crippen LogP contribution in [0.1, 0.15) is 36.8 Å². The van der Waals surface area contributed by atoms with Gasteiger partial charge in [0.25, 0.3) is 0 Å². The van der Waals surface area contributed by atoms with Gasteiger partial charge in [-0.3, -0.25) is 24.6 Å². The largest absolute Gasteiger partial charge is 0.299 e. The molecule has 1 N–H and O–H groups in total. The van der Waals surface area contributed by atoms with Gasteiger partial charge in [-0.2, -0.15) is 0 Å². The van der Waals surface area contributed by atoms with E-state index in [1.54, 1.807) is 0 Å². The molecule has 8 heteroatoms. The van der Waals surface area contributed by atoms with E-state index in [1.807, 2.05) is 44.2 Å². The lowest BCUT2D eigenvalue weighted by Gasteiger charge is -2.26. The van der Waals surface area contributed by atoms with Crippen molar-refractivity contribution in [2.75, 3.05) is 5.32 Å². The molecule has 0 radical (unpaired) electrons. The van der Waals surface area contributed by atoms with Crippen LogP contribution in [0.5, 0.6) is 0 Å². The topological polar surface area (TPSA) is 92.3 Å². The van der Waals surface area contributed by atoms with Gasteiger partial charge in [-0.25, -0.2) is 0 Å². The molecule has 1 aromatic carbocycles. The number of hydrogen-bond donors (Lipinski definition) is 1. The third-order valence-electron chi connectivity index (χ3n) is 6.56. The van der Waals surface area contributed by atoms with Gasteiger partial charge in [0.15, 0.2) is 0 Å². The van der Waals surface area contributed by atoms with Crippen LogP contribution in [0.25, 0.3) is 0 Å². The molecule has 2 bridgehead atoms.